The second-order valence-corrected chi connectivity index (χ2v) is 8.67. The molecular formula is C18H22ClN5S2. The summed E-state index contributed by atoms with van der Waals surface area (Å²) in [4.78, 5) is 2.20. The number of aryl methyl sites for hydroxylation is 2. The first-order valence-electron chi connectivity index (χ1n) is 8.34. The van der Waals surface area contributed by atoms with Gasteiger partial charge in [-0.1, -0.05) is 41.1 Å². The largest absolute Gasteiger partial charge is 0.283 e. The van der Waals surface area contributed by atoms with E-state index in [9.17, 15) is 0 Å². The predicted molar refractivity (Wildman–Crippen MR) is 109 cm³/mol. The van der Waals surface area contributed by atoms with Crippen LogP contribution < -0.4 is 0 Å². The average Bonchev–Trinajstić information content (AvgIpc) is 3.02. The fourth-order valence-corrected chi connectivity index (χ4v) is 4.20. The second-order valence-electron chi connectivity index (χ2n) is 6.44. The smallest absolute Gasteiger partial charge is 0.180 e. The van der Waals surface area contributed by atoms with E-state index in [0.29, 0.717) is 13.2 Å². The van der Waals surface area contributed by atoms with E-state index in [4.69, 9.17) is 28.9 Å². The van der Waals surface area contributed by atoms with Gasteiger partial charge in [-0.25, -0.2) is 4.68 Å². The minimum Gasteiger partial charge on any atom is -0.283 e. The first kappa shape index (κ1) is 19.2. The predicted octanol–water partition coefficient (Wildman–Crippen LogP) is 4.59. The fraction of sp³-hybridized carbons (Fsp3) is 0.389. The van der Waals surface area contributed by atoms with Gasteiger partial charge in [-0.3, -0.25) is 9.58 Å². The summed E-state index contributed by atoms with van der Waals surface area (Å²) >= 11 is 13.2. The Kier molecular flexibility index (Phi) is 5.92. The summed E-state index contributed by atoms with van der Waals surface area (Å²) < 4.78 is 4.70. The van der Waals surface area contributed by atoms with Crippen LogP contribution in [0.1, 0.15) is 27.5 Å². The van der Waals surface area contributed by atoms with Crippen molar-refractivity contribution in [3.05, 3.63) is 60.8 Å². The van der Waals surface area contributed by atoms with Crippen molar-refractivity contribution in [2.24, 2.45) is 0 Å². The molecule has 0 amide bonds. The number of nitrogens with zero attached hydrogens (tertiary/aromatic N) is 5. The summed E-state index contributed by atoms with van der Waals surface area (Å²) in [6.07, 6.45) is 0. The number of hydrogen-bond donors (Lipinski definition) is 0. The van der Waals surface area contributed by atoms with Crippen molar-refractivity contribution in [2.75, 3.05) is 7.05 Å². The van der Waals surface area contributed by atoms with E-state index in [1.807, 2.05) is 40.6 Å². The molecule has 0 radical (unpaired) electrons. The van der Waals surface area contributed by atoms with Gasteiger partial charge in [0.1, 0.15) is 5.01 Å². The number of halogens is 1. The molecule has 0 aliphatic heterocycles. The molecule has 0 aliphatic carbocycles. The van der Waals surface area contributed by atoms with Gasteiger partial charge < -0.3 is 0 Å². The van der Waals surface area contributed by atoms with Crippen molar-refractivity contribution in [1.29, 1.82) is 0 Å². The summed E-state index contributed by atoms with van der Waals surface area (Å²) in [5.74, 6) is 0. The zero-order valence-corrected chi connectivity index (χ0v) is 17.8. The van der Waals surface area contributed by atoms with Crippen LogP contribution in [-0.2, 0) is 19.8 Å². The van der Waals surface area contributed by atoms with Gasteiger partial charge in [0, 0.05) is 22.8 Å². The molecule has 0 saturated heterocycles. The van der Waals surface area contributed by atoms with Crippen LogP contribution in [-0.4, -0.2) is 31.5 Å². The molecule has 0 N–H and O–H groups in total. The van der Waals surface area contributed by atoms with Crippen LogP contribution in [0.5, 0.6) is 0 Å². The molecule has 0 atom stereocenters. The van der Waals surface area contributed by atoms with Gasteiger partial charge in [-0.15, -0.1) is 0 Å². The Morgan fingerprint density at radius 3 is 2.54 bits per heavy atom. The minimum absolute atomic E-state index is 0.664. The second kappa shape index (κ2) is 8.00. The molecule has 26 heavy (non-hydrogen) atoms. The van der Waals surface area contributed by atoms with Crippen molar-refractivity contribution in [2.45, 2.75) is 40.5 Å². The van der Waals surface area contributed by atoms with Crippen LogP contribution in [0.2, 0.25) is 5.02 Å². The van der Waals surface area contributed by atoms with Crippen molar-refractivity contribution < 1.29 is 0 Å². The van der Waals surface area contributed by atoms with Gasteiger partial charge in [-0.2, -0.15) is 10.2 Å². The third kappa shape index (κ3) is 4.23. The number of aromatic nitrogens is 4. The molecule has 2 aromatic heterocycles. The maximum atomic E-state index is 6.30. The van der Waals surface area contributed by atoms with E-state index in [0.717, 1.165) is 37.5 Å². The molecule has 0 aliphatic rings. The quantitative estimate of drug-likeness (QED) is 0.560. The Labute approximate surface area is 167 Å². The summed E-state index contributed by atoms with van der Waals surface area (Å²) in [6.45, 7) is 8.27. The van der Waals surface area contributed by atoms with Crippen LogP contribution in [0.4, 0.5) is 0 Å². The highest BCUT2D eigenvalue weighted by atomic mass is 35.5. The first-order valence-corrected chi connectivity index (χ1v) is 9.95. The van der Waals surface area contributed by atoms with Gasteiger partial charge in [0.25, 0.3) is 0 Å². The van der Waals surface area contributed by atoms with E-state index in [1.165, 1.54) is 5.56 Å². The number of hydrogen-bond acceptors (Lipinski definition) is 5. The molecule has 1 aromatic carbocycles. The maximum Gasteiger partial charge on any atom is 0.180 e. The molecule has 0 unspecified atom stereocenters. The highest BCUT2D eigenvalue weighted by Gasteiger charge is 2.15. The fourth-order valence-electron chi connectivity index (χ4n) is 2.95. The summed E-state index contributed by atoms with van der Waals surface area (Å²) in [7, 11) is 2.07. The van der Waals surface area contributed by atoms with Crippen LogP contribution in [0.25, 0.3) is 0 Å². The maximum absolute atomic E-state index is 6.30. The summed E-state index contributed by atoms with van der Waals surface area (Å²) in [5, 5.41) is 10.9. The highest BCUT2D eigenvalue weighted by molar-refractivity contribution is 7.73. The van der Waals surface area contributed by atoms with Crippen LogP contribution in [0.15, 0.2) is 24.3 Å². The number of rotatable bonds is 6. The first-order chi connectivity index (χ1) is 12.3. The number of benzene rings is 1. The SMILES string of the molecule is Cc1nn(CN(C)Cc2c(C)nn(Cc3ccccc3Cl)c2C)c(=S)s1. The Hall–Kier alpha value is -1.54. The van der Waals surface area contributed by atoms with Crippen LogP contribution in [0, 0.1) is 24.7 Å². The Morgan fingerprint density at radius 1 is 1.15 bits per heavy atom. The Morgan fingerprint density at radius 2 is 1.88 bits per heavy atom. The lowest BCUT2D eigenvalue weighted by Gasteiger charge is -2.17. The summed E-state index contributed by atoms with van der Waals surface area (Å²) in [6, 6.07) is 7.90. The molecule has 0 spiro atoms. The Balaban J connectivity index is 1.76. The van der Waals surface area contributed by atoms with Gasteiger partial charge in [0.2, 0.25) is 0 Å². The van der Waals surface area contributed by atoms with E-state index in [-0.39, 0.29) is 0 Å². The van der Waals surface area contributed by atoms with Crippen molar-refractivity contribution in [3.8, 4) is 0 Å². The zero-order valence-electron chi connectivity index (χ0n) is 15.4. The zero-order chi connectivity index (χ0) is 18.8. The highest BCUT2D eigenvalue weighted by Crippen LogP contribution is 2.20. The van der Waals surface area contributed by atoms with E-state index >= 15 is 0 Å². The van der Waals surface area contributed by atoms with Crippen molar-refractivity contribution >= 4 is 35.2 Å². The normalized spacial score (nSPS) is 11.5. The minimum atomic E-state index is 0.664. The van der Waals surface area contributed by atoms with Crippen LogP contribution in [0.3, 0.4) is 0 Å². The topological polar surface area (TPSA) is 38.9 Å². The lowest BCUT2D eigenvalue weighted by Crippen LogP contribution is -2.23. The average molecular weight is 408 g/mol. The third-order valence-electron chi connectivity index (χ3n) is 4.32. The standard InChI is InChI=1S/C18H22ClN5S2/c1-12-16(10-22(4)11-24-18(25)26-14(3)21-24)13(2)23(20-12)9-15-7-5-6-8-17(15)19/h5-8H,9-11H2,1-4H3. The van der Waals surface area contributed by atoms with Crippen LogP contribution >= 0.6 is 35.2 Å². The Bertz CT molecular complexity index is 972. The lowest BCUT2D eigenvalue weighted by atomic mass is 10.2. The van der Waals surface area contributed by atoms with E-state index in [1.54, 1.807) is 11.3 Å². The molecule has 5 nitrogen and oxygen atoms in total. The van der Waals surface area contributed by atoms with Gasteiger partial charge in [0.05, 0.1) is 18.9 Å². The molecule has 8 heteroatoms. The van der Waals surface area contributed by atoms with Crippen molar-refractivity contribution in [1.82, 2.24) is 24.5 Å². The molecule has 0 bridgehead atoms. The molecule has 0 saturated carbocycles. The van der Waals surface area contributed by atoms with E-state index < -0.39 is 0 Å². The summed E-state index contributed by atoms with van der Waals surface area (Å²) in [5.41, 5.74) is 4.51. The molecular weight excluding hydrogens is 386 g/mol. The van der Waals surface area contributed by atoms with Gasteiger partial charge in [-0.05, 0) is 51.7 Å². The molecule has 0 fully saturated rings. The third-order valence-corrected chi connectivity index (χ3v) is 5.91. The lowest BCUT2D eigenvalue weighted by molar-refractivity contribution is 0.244. The van der Waals surface area contributed by atoms with Gasteiger partial charge >= 0.3 is 0 Å². The molecule has 2 heterocycles. The van der Waals surface area contributed by atoms with Crippen molar-refractivity contribution in [3.63, 3.8) is 0 Å². The van der Waals surface area contributed by atoms with E-state index in [2.05, 4.69) is 30.9 Å². The molecule has 3 aromatic rings. The molecule has 3 rings (SSSR count). The molecule has 138 valence electrons. The monoisotopic (exact) mass is 407 g/mol. The van der Waals surface area contributed by atoms with Gasteiger partial charge in [0.15, 0.2) is 3.95 Å².